The molecule has 0 amide bonds. The highest BCUT2D eigenvalue weighted by molar-refractivity contribution is 9.09. The molecule has 1 atom stereocenters. The summed E-state index contributed by atoms with van der Waals surface area (Å²) in [4.78, 5) is 0.681. The number of rotatable bonds is 2. The molecule has 1 saturated carbocycles. The molecule has 0 aromatic rings. The Morgan fingerprint density at radius 2 is 1.82 bits per heavy atom. The maximum Gasteiger partial charge on any atom is 0.0571 e. The molecular formula is C9H17BrO. The Hall–Kier alpha value is 0.440. The summed E-state index contributed by atoms with van der Waals surface area (Å²) in [5.41, 5.74) is 0. The molecule has 0 aromatic carbocycles. The fraction of sp³-hybridized carbons (Fsp3) is 1.00. The highest BCUT2D eigenvalue weighted by Crippen LogP contribution is 2.30. The first-order valence-corrected chi connectivity index (χ1v) is 5.32. The second-order valence-corrected chi connectivity index (χ2v) is 4.89. The van der Waals surface area contributed by atoms with E-state index in [2.05, 4.69) is 22.9 Å². The van der Waals surface area contributed by atoms with Gasteiger partial charge >= 0.3 is 0 Å². The fourth-order valence-electron chi connectivity index (χ4n) is 1.78. The number of ether oxygens (including phenoxy) is 1. The minimum Gasteiger partial charge on any atom is -0.381 e. The lowest BCUT2D eigenvalue weighted by Gasteiger charge is -2.29. The van der Waals surface area contributed by atoms with Crippen LogP contribution in [0.5, 0.6) is 0 Å². The molecule has 66 valence electrons. The lowest BCUT2D eigenvalue weighted by Crippen LogP contribution is -2.24. The van der Waals surface area contributed by atoms with Gasteiger partial charge in [0.25, 0.3) is 0 Å². The smallest absolute Gasteiger partial charge is 0.0571 e. The van der Waals surface area contributed by atoms with E-state index in [4.69, 9.17) is 4.74 Å². The van der Waals surface area contributed by atoms with Crippen LogP contribution in [-0.2, 0) is 4.74 Å². The Morgan fingerprint density at radius 3 is 2.18 bits per heavy atom. The topological polar surface area (TPSA) is 9.23 Å². The van der Waals surface area contributed by atoms with Gasteiger partial charge in [0.15, 0.2) is 0 Å². The predicted octanol–water partition coefficient (Wildman–Crippen LogP) is 2.98. The van der Waals surface area contributed by atoms with Crippen LogP contribution in [-0.4, -0.2) is 18.0 Å². The van der Waals surface area contributed by atoms with Crippen LogP contribution in [0.15, 0.2) is 0 Å². The number of methoxy groups -OCH3 is 1. The van der Waals surface area contributed by atoms with Crippen molar-refractivity contribution in [3.8, 4) is 0 Å². The van der Waals surface area contributed by atoms with E-state index in [1.807, 2.05) is 7.11 Å². The number of alkyl halides is 1. The van der Waals surface area contributed by atoms with Gasteiger partial charge in [0.2, 0.25) is 0 Å². The number of hydrogen-bond acceptors (Lipinski definition) is 1. The molecule has 1 fully saturated rings. The maximum atomic E-state index is 5.30. The van der Waals surface area contributed by atoms with Crippen LogP contribution < -0.4 is 0 Å². The van der Waals surface area contributed by atoms with E-state index in [0.717, 1.165) is 5.92 Å². The van der Waals surface area contributed by atoms with Crippen molar-refractivity contribution in [2.75, 3.05) is 7.11 Å². The number of halogens is 1. The summed E-state index contributed by atoms with van der Waals surface area (Å²) in [6.45, 7) is 2.25. The summed E-state index contributed by atoms with van der Waals surface area (Å²) in [5, 5.41) is 0. The average molecular weight is 221 g/mol. The van der Waals surface area contributed by atoms with Gasteiger partial charge in [0.05, 0.1) is 6.10 Å². The van der Waals surface area contributed by atoms with E-state index in [0.29, 0.717) is 10.9 Å². The van der Waals surface area contributed by atoms with Crippen LogP contribution in [0.1, 0.15) is 32.6 Å². The monoisotopic (exact) mass is 220 g/mol. The van der Waals surface area contributed by atoms with Gasteiger partial charge in [-0.25, -0.2) is 0 Å². The Morgan fingerprint density at radius 1 is 1.27 bits per heavy atom. The Kier molecular flexibility index (Phi) is 3.86. The van der Waals surface area contributed by atoms with Gasteiger partial charge in [-0.2, -0.15) is 0 Å². The fourth-order valence-corrected chi connectivity index (χ4v) is 2.31. The molecule has 0 saturated heterocycles. The molecule has 11 heavy (non-hydrogen) atoms. The molecule has 0 aromatic heterocycles. The molecule has 1 unspecified atom stereocenters. The minimum absolute atomic E-state index is 0.539. The van der Waals surface area contributed by atoms with E-state index in [1.165, 1.54) is 25.7 Å². The first-order valence-electron chi connectivity index (χ1n) is 4.41. The van der Waals surface area contributed by atoms with Crippen LogP contribution in [0.4, 0.5) is 0 Å². The van der Waals surface area contributed by atoms with Crippen LogP contribution >= 0.6 is 15.9 Å². The van der Waals surface area contributed by atoms with Gasteiger partial charge in [-0.1, -0.05) is 22.9 Å². The van der Waals surface area contributed by atoms with Crippen molar-refractivity contribution in [2.45, 2.75) is 43.5 Å². The van der Waals surface area contributed by atoms with E-state index < -0.39 is 0 Å². The van der Waals surface area contributed by atoms with Crippen LogP contribution in [0.3, 0.4) is 0 Å². The molecule has 2 heteroatoms. The zero-order valence-electron chi connectivity index (χ0n) is 7.35. The SMILES string of the molecule is COC1CCC(C(C)Br)CC1. The molecule has 0 N–H and O–H groups in total. The highest BCUT2D eigenvalue weighted by Gasteiger charge is 2.23. The van der Waals surface area contributed by atoms with Gasteiger partial charge in [0.1, 0.15) is 0 Å². The van der Waals surface area contributed by atoms with Gasteiger partial charge in [-0.3, -0.25) is 0 Å². The molecule has 0 heterocycles. The molecule has 1 aliphatic rings. The van der Waals surface area contributed by atoms with Gasteiger partial charge < -0.3 is 4.74 Å². The van der Waals surface area contributed by atoms with E-state index in [9.17, 15) is 0 Å². The molecule has 1 aliphatic carbocycles. The average Bonchev–Trinajstić information content (AvgIpc) is 2.05. The van der Waals surface area contributed by atoms with Crippen molar-refractivity contribution in [1.82, 2.24) is 0 Å². The summed E-state index contributed by atoms with van der Waals surface area (Å²) in [6, 6.07) is 0. The Balaban J connectivity index is 2.24. The molecule has 0 spiro atoms. The van der Waals surface area contributed by atoms with Crippen molar-refractivity contribution in [2.24, 2.45) is 5.92 Å². The third-order valence-corrected chi connectivity index (χ3v) is 3.45. The second kappa shape index (κ2) is 4.46. The lowest BCUT2D eigenvalue weighted by molar-refractivity contribution is 0.0573. The summed E-state index contributed by atoms with van der Waals surface area (Å²) in [6.07, 6.45) is 5.68. The van der Waals surface area contributed by atoms with Crippen molar-refractivity contribution in [3.05, 3.63) is 0 Å². The Bertz CT molecular complexity index is 106. The van der Waals surface area contributed by atoms with Gasteiger partial charge in [-0.05, 0) is 31.6 Å². The second-order valence-electron chi connectivity index (χ2n) is 3.45. The minimum atomic E-state index is 0.539. The van der Waals surface area contributed by atoms with Crippen molar-refractivity contribution in [1.29, 1.82) is 0 Å². The Labute approximate surface area is 77.6 Å². The zero-order valence-corrected chi connectivity index (χ0v) is 8.93. The summed E-state index contributed by atoms with van der Waals surface area (Å²) in [5.74, 6) is 0.876. The third kappa shape index (κ3) is 2.75. The van der Waals surface area contributed by atoms with Crippen molar-refractivity contribution < 1.29 is 4.74 Å². The summed E-state index contributed by atoms with van der Waals surface area (Å²) in [7, 11) is 1.82. The first kappa shape index (κ1) is 9.53. The normalized spacial score (nSPS) is 35.2. The van der Waals surface area contributed by atoms with E-state index >= 15 is 0 Å². The standard InChI is InChI=1S/C9H17BrO/c1-7(10)8-3-5-9(11-2)6-4-8/h7-9H,3-6H2,1-2H3. The first-order chi connectivity index (χ1) is 5.24. The highest BCUT2D eigenvalue weighted by atomic mass is 79.9. The van der Waals surface area contributed by atoms with E-state index in [1.54, 1.807) is 0 Å². The van der Waals surface area contributed by atoms with Crippen molar-refractivity contribution >= 4 is 15.9 Å². The molecule has 0 aliphatic heterocycles. The van der Waals surface area contributed by atoms with Crippen molar-refractivity contribution in [3.63, 3.8) is 0 Å². The van der Waals surface area contributed by atoms with Gasteiger partial charge in [-0.15, -0.1) is 0 Å². The summed E-state index contributed by atoms with van der Waals surface area (Å²) >= 11 is 3.64. The molecule has 1 rings (SSSR count). The number of hydrogen-bond donors (Lipinski definition) is 0. The molecule has 0 bridgehead atoms. The molecule has 0 radical (unpaired) electrons. The predicted molar refractivity (Wildman–Crippen MR) is 51.1 cm³/mol. The molecule has 1 nitrogen and oxygen atoms in total. The largest absolute Gasteiger partial charge is 0.381 e. The molecular weight excluding hydrogens is 204 g/mol. The van der Waals surface area contributed by atoms with Crippen LogP contribution in [0.25, 0.3) is 0 Å². The van der Waals surface area contributed by atoms with Crippen LogP contribution in [0, 0.1) is 5.92 Å². The quantitative estimate of drug-likeness (QED) is 0.651. The van der Waals surface area contributed by atoms with E-state index in [-0.39, 0.29) is 0 Å². The summed E-state index contributed by atoms with van der Waals surface area (Å²) < 4.78 is 5.30. The third-order valence-electron chi connectivity index (χ3n) is 2.70. The van der Waals surface area contributed by atoms with Crippen LogP contribution in [0.2, 0.25) is 0 Å². The maximum absolute atomic E-state index is 5.30. The lowest BCUT2D eigenvalue weighted by atomic mass is 9.86. The zero-order chi connectivity index (χ0) is 8.27. The van der Waals surface area contributed by atoms with Gasteiger partial charge in [0, 0.05) is 11.9 Å².